The molecule has 3 rings (SSSR count). The topological polar surface area (TPSA) is 72.1 Å². The minimum atomic E-state index is 0.301. The fourth-order valence-corrected chi connectivity index (χ4v) is 2.51. The molecule has 1 aromatic heterocycles. The lowest BCUT2D eigenvalue weighted by molar-refractivity contribution is 0.174. The van der Waals surface area contributed by atoms with Crippen molar-refractivity contribution in [1.82, 2.24) is 20.5 Å². The number of hydrogen-bond acceptors (Lipinski definition) is 5. The number of aromatic amines is 1. The first-order chi connectivity index (χ1) is 9.83. The zero-order chi connectivity index (χ0) is 13.8. The van der Waals surface area contributed by atoms with Crippen LogP contribution in [0.25, 0.3) is 0 Å². The summed E-state index contributed by atoms with van der Waals surface area (Å²) in [6.07, 6.45) is 3.44. The van der Waals surface area contributed by atoms with Gasteiger partial charge < -0.3 is 14.8 Å². The van der Waals surface area contributed by atoms with Crippen LogP contribution in [0, 0.1) is 0 Å². The standard InChI is InChI=1S/C13H15BrN4O2/c14-10-5-12-11(19-8-20-12)4-9(10)6-15-3-1-2-13-16-7-17-18-13/h4-5,7,15H,1-3,6,8H2,(H,16,17,18). The largest absolute Gasteiger partial charge is 0.454 e. The first-order valence-electron chi connectivity index (χ1n) is 6.46. The maximum atomic E-state index is 5.38. The Kier molecular flexibility index (Phi) is 4.17. The van der Waals surface area contributed by atoms with Crippen LogP contribution in [0.4, 0.5) is 0 Å². The molecule has 0 amide bonds. The van der Waals surface area contributed by atoms with Crippen LogP contribution in [0.2, 0.25) is 0 Å². The van der Waals surface area contributed by atoms with E-state index in [1.165, 1.54) is 6.33 Å². The summed E-state index contributed by atoms with van der Waals surface area (Å²) in [7, 11) is 0. The Balaban J connectivity index is 1.46. The fourth-order valence-electron chi connectivity index (χ4n) is 2.05. The lowest BCUT2D eigenvalue weighted by atomic mass is 10.2. The second-order valence-electron chi connectivity index (χ2n) is 4.51. The van der Waals surface area contributed by atoms with Crippen LogP contribution in [0.1, 0.15) is 17.8 Å². The van der Waals surface area contributed by atoms with Gasteiger partial charge in [0.1, 0.15) is 12.2 Å². The molecule has 1 aliphatic rings. The van der Waals surface area contributed by atoms with Crippen LogP contribution in [0.3, 0.4) is 0 Å². The third-order valence-electron chi connectivity index (χ3n) is 3.09. The highest BCUT2D eigenvalue weighted by atomic mass is 79.9. The second-order valence-corrected chi connectivity index (χ2v) is 5.36. The highest BCUT2D eigenvalue weighted by molar-refractivity contribution is 9.10. The van der Waals surface area contributed by atoms with Crippen LogP contribution in [-0.2, 0) is 13.0 Å². The van der Waals surface area contributed by atoms with Gasteiger partial charge in [-0.1, -0.05) is 15.9 Å². The van der Waals surface area contributed by atoms with E-state index in [9.17, 15) is 0 Å². The van der Waals surface area contributed by atoms with E-state index in [1.807, 2.05) is 12.1 Å². The van der Waals surface area contributed by atoms with Gasteiger partial charge in [-0.25, -0.2) is 4.98 Å². The number of aromatic nitrogens is 3. The molecule has 2 N–H and O–H groups in total. The fraction of sp³-hybridized carbons (Fsp3) is 0.385. The van der Waals surface area contributed by atoms with E-state index in [1.54, 1.807) is 0 Å². The van der Waals surface area contributed by atoms with Gasteiger partial charge in [0.15, 0.2) is 11.5 Å². The van der Waals surface area contributed by atoms with Crippen LogP contribution in [-0.4, -0.2) is 28.5 Å². The summed E-state index contributed by atoms with van der Waals surface area (Å²) in [6, 6.07) is 3.96. The Morgan fingerprint density at radius 3 is 2.95 bits per heavy atom. The molecule has 106 valence electrons. The quantitative estimate of drug-likeness (QED) is 0.788. The van der Waals surface area contributed by atoms with Crippen molar-refractivity contribution in [2.75, 3.05) is 13.3 Å². The highest BCUT2D eigenvalue weighted by Crippen LogP contribution is 2.36. The highest BCUT2D eigenvalue weighted by Gasteiger charge is 2.15. The molecule has 2 aromatic rings. The van der Waals surface area contributed by atoms with Gasteiger partial charge in [0.2, 0.25) is 6.79 Å². The van der Waals surface area contributed by atoms with Crippen molar-refractivity contribution in [3.05, 3.63) is 34.3 Å². The normalized spacial score (nSPS) is 12.8. The Morgan fingerprint density at radius 2 is 2.15 bits per heavy atom. The maximum Gasteiger partial charge on any atom is 0.231 e. The van der Waals surface area contributed by atoms with Gasteiger partial charge >= 0.3 is 0 Å². The SMILES string of the molecule is Brc1cc2c(cc1CNCCCc1ncn[nH]1)OCO2. The molecule has 7 heteroatoms. The van der Waals surface area contributed by atoms with Gasteiger partial charge in [0.25, 0.3) is 0 Å². The summed E-state index contributed by atoms with van der Waals surface area (Å²) < 4.78 is 11.7. The zero-order valence-corrected chi connectivity index (χ0v) is 12.4. The van der Waals surface area contributed by atoms with Crippen molar-refractivity contribution in [2.45, 2.75) is 19.4 Å². The molecule has 0 bridgehead atoms. The molecule has 1 aliphatic heterocycles. The van der Waals surface area contributed by atoms with E-state index in [0.717, 1.165) is 53.3 Å². The van der Waals surface area contributed by atoms with Gasteiger partial charge in [-0.05, 0) is 30.7 Å². The summed E-state index contributed by atoms with van der Waals surface area (Å²) in [4.78, 5) is 4.09. The minimum absolute atomic E-state index is 0.301. The lowest BCUT2D eigenvalue weighted by Crippen LogP contribution is -2.15. The Hall–Kier alpha value is -1.60. The van der Waals surface area contributed by atoms with Gasteiger partial charge in [-0.15, -0.1) is 0 Å². The zero-order valence-electron chi connectivity index (χ0n) is 10.9. The Morgan fingerprint density at radius 1 is 1.30 bits per heavy atom. The monoisotopic (exact) mass is 338 g/mol. The van der Waals surface area contributed by atoms with E-state index in [-0.39, 0.29) is 0 Å². The van der Waals surface area contributed by atoms with Crippen molar-refractivity contribution >= 4 is 15.9 Å². The van der Waals surface area contributed by atoms with Crippen LogP contribution >= 0.6 is 15.9 Å². The maximum absolute atomic E-state index is 5.38. The average Bonchev–Trinajstić information content (AvgIpc) is 3.09. The number of benzene rings is 1. The predicted octanol–water partition coefficient (Wildman–Crippen LogP) is 2.02. The average molecular weight is 339 g/mol. The van der Waals surface area contributed by atoms with Crippen molar-refractivity contribution < 1.29 is 9.47 Å². The van der Waals surface area contributed by atoms with E-state index in [2.05, 4.69) is 36.4 Å². The molecular weight excluding hydrogens is 324 g/mol. The third kappa shape index (κ3) is 3.10. The van der Waals surface area contributed by atoms with Crippen molar-refractivity contribution in [3.63, 3.8) is 0 Å². The number of hydrogen-bond donors (Lipinski definition) is 2. The molecule has 0 unspecified atom stereocenters. The molecule has 0 saturated heterocycles. The van der Waals surface area contributed by atoms with Gasteiger partial charge in [-0.2, -0.15) is 5.10 Å². The van der Waals surface area contributed by atoms with E-state index < -0.39 is 0 Å². The summed E-state index contributed by atoms with van der Waals surface area (Å²) in [5, 5.41) is 10.1. The van der Waals surface area contributed by atoms with Gasteiger partial charge in [0, 0.05) is 17.4 Å². The van der Waals surface area contributed by atoms with Crippen molar-refractivity contribution in [1.29, 1.82) is 0 Å². The van der Waals surface area contributed by atoms with Crippen LogP contribution < -0.4 is 14.8 Å². The smallest absolute Gasteiger partial charge is 0.231 e. The first-order valence-corrected chi connectivity index (χ1v) is 7.25. The minimum Gasteiger partial charge on any atom is -0.454 e. The van der Waals surface area contributed by atoms with Crippen molar-refractivity contribution in [2.24, 2.45) is 0 Å². The summed E-state index contributed by atoms with van der Waals surface area (Å²) >= 11 is 3.55. The second kappa shape index (κ2) is 6.23. The number of nitrogens with one attached hydrogen (secondary N) is 2. The molecule has 0 atom stereocenters. The third-order valence-corrected chi connectivity index (χ3v) is 3.83. The molecule has 0 aliphatic carbocycles. The van der Waals surface area contributed by atoms with Crippen molar-refractivity contribution in [3.8, 4) is 11.5 Å². The molecule has 2 heterocycles. The Labute approximate surface area is 125 Å². The molecule has 1 aromatic carbocycles. The van der Waals surface area contributed by atoms with E-state index >= 15 is 0 Å². The van der Waals surface area contributed by atoms with Gasteiger partial charge in [-0.3, -0.25) is 5.10 Å². The molecule has 0 fully saturated rings. The number of nitrogens with zero attached hydrogens (tertiary/aromatic N) is 2. The predicted molar refractivity (Wildman–Crippen MR) is 76.7 cm³/mol. The molecule has 0 radical (unpaired) electrons. The Bertz CT molecular complexity index is 574. The number of H-pyrrole nitrogens is 1. The first kappa shape index (κ1) is 13.4. The lowest BCUT2D eigenvalue weighted by Gasteiger charge is -2.08. The van der Waals surface area contributed by atoms with Crippen LogP contribution in [0.5, 0.6) is 11.5 Å². The molecule has 20 heavy (non-hydrogen) atoms. The number of fused-ring (bicyclic) bond motifs is 1. The van der Waals surface area contributed by atoms with E-state index in [4.69, 9.17) is 9.47 Å². The van der Waals surface area contributed by atoms with E-state index in [0.29, 0.717) is 6.79 Å². The van der Waals surface area contributed by atoms with Crippen LogP contribution in [0.15, 0.2) is 22.9 Å². The summed E-state index contributed by atoms with van der Waals surface area (Å²) in [5.74, 6) is 2.54. The number of ether oxygens (including phenoxy) is 2. The molecular formula is C13H15BrN4O2. The molecule has 0 spiro atoms. The summed E-state index contributed by atoms with van der Waals surface area (Å²) in [6.45, 7) is 2.01. The molecule has 6 nitrogen and oxygen atoms in total. The number of halogens is 1. The number of rotatable bonds is 6. The summed E-state index contributed by atoms with van der Waals surface area (Å²) in [5.41, 5.74) is 1.16. The number of aryl methyl sites for hydroxylation is 1. The molecule has 0 saturated carbocycles. The van der Waals surface area contributed by atoms with Gasteiger partial charge in [0.05, 0.1) is 0 Å².